The predicted octanol–water partition coefficient (Wildman–Crippen LogP) is 22.2. The van der Waals surface area contributed by atoms with E-state index in [1.165, 1.54) is 257 Å². The molecule has 73 heavy (non-hydrogen) atoms. The van der Waals surface area contributed by atoms with Crippen LogP contribution in [0.2, 0.25) is 0 Å². The van der Waals surface area contributed by atoms with Gasteiger partial charge >= 0.3 is 17.9 Å². The fourth-order valence-electron chi connectivity index (χ4n) is 10.0. The molecule has 0 saturated heterocycles. The summed E-state index contributed by atoms with van der Waals surface area (Å²) in [4.78, 5) is 38.2. The van der Waals surface area contributed by atoms with Gasteiger partial charge in [-0.15, -0.1) is 0 Å². The number of carbonyl (C=O) groups is 3. The van der Waals surface area contributed by atoms with Crippen molar-refractivity contribution in [3.8, 4) is 0 Å². The topological polar surface area (TPSA) is 78.9 Å². The second-order valence-corrected chi connectivity index (χ2v) is 22.4. The van der Waals surface area contributed by atoms with Crippen LogP contribution in [-0.4, -0.2) is 37.2 Å². The Hall–Kier alpha value is -2.11. The third kappa shape index (κ3) is 60.6. The number of ether oxygens (including phenoxy) is 3. The van der Waals surface area contributed by atoms with Crippen LogP contribution >= 0.6 is 0 Å². The molecule has 0 radical (unpaired) electrons. The summed E-state index contributed by atoms with van der Waals surface area (Å²) in [5, 5.41) is 0. The molecule has 0 aromatic heterocycles. The van der Waals surface area contributed by atoms with Gasteiger partial charge in [0.1, 0.15) is 13.2 Å². The average Bonchev–Trinajstić information content (AvgIpc) is 3.39. The molecule has 0 aromatic carbocycles. The van der Waals surface area contributed by atoms with Gasteiger partial charge in [-0.2, -0.15) is 0 Å². The standard InChI is InChI=1S/C67H126O6/c1-4-7-10-13-16-19-22-24-26-28-30-31-32-33-34-35-36-37-38-40-41-43-45-48-51-54-57-60-66(69)72-63-64(62-71-65(68)59-56-53-50-47-21-18-15-12-9-6-3)73-67(70)61-58-55-52-49-46-44-42-39-29-27-25-23-20-17-14-11-8-5-2/h20,23,27,29,64H,4-19,21-22,24-26,28,30-63H2,1-3H3/b23-20-,29-27-. The van der Waals surface area contributed by atoms with E-state index in [0.29, 0.717) is 19.3 Å². The molecular weight excluding hydrogens is 901 g/mol. The Bertz CT molecular complexity index is 1180. The van der Waals surface area contributed by atoms with Crippen molar-refractivity contribution in [3.63, 3.8) is 0 Å². The largest absolute Gasteiger partial charge is 0.462 e. The molecule has 0 aliphatic heterocycles. The van der Waals surface area contributed by atoms with Gasteiger partial charge in [-0.1, -0.05) is 321 Å². The molecule has 0 spiro atoms. The first-order valence-corrected chi connectivity index (χ1v) is 32.8. The molecule has 0 heterocycles. The summed E-state index contributed by atoms with van der Waals surface area (Å²) in [5.74, 6) is -0.853. The summed E-state index contributed by atoms with van der Waals surface area (Å²) in [5.41, 5.74) is 0. The average molecular weight is 1030 g/mol. The number of hydrogen-bond acceptors (Lipinski definition) is 6. The highest BCUT2D eigenvalue weighted by Crippen LogP contribution is 2.18. The van der Waals surface area contributed by atoms with Gasteiger partial charge in [0.25, 0.3) is 0 Å². The minimum absolute atomic E-state index is 0.0688. The Morgan fingerprint density at radius 3 is 0.767 bits per heavy atom. The SMILES string of the molecule is CCCCCC/C=C\C/C=C\CCCCCCCCCC(=O)OC(COC(=O)CCCCCCCCCCCC)COC(=O)CCCCCCCCCCCCCCCCCCCCCCCCCCCCC. The number of unbranched alkanes of at least 4 members (excludes halogenated alkanes) is 46. The lowest BCUT2D eigenvalue weighted by Crippen LogP contribution is -2.30. The first kappa shape index (κ1) is 70.9. The van der Waals surface area contributed by atoms with E-state index in [1.54, 1.807) is 0 Å². The molecule has 1 unspecified atom stereocenters. The summed E-state index contributed by atoms with van der Waals surface area (Å²) in [7, 11) is 0. The quantitative estimate of drug-likeness (QED) is 0.0261. The van der Waals surface area contributed by atoms with Crippen molar-refractivity contribution in [2.45, 2.75) is 374 Å². The lowest BCUT2D eigenvalue weighted by molar-refractivity contribution is -0.167. The molecule has 0 aliphatic rings. The van der Waals surface area contributed by atoms with Crippen LogP contribution in [0.5, 0.6) is 0 Å². The molecule has 1 atom stereocenters. The van der Waals surface area contributed by atoms with E-state index in [4.69, 9.17) is 14.2 Å². The first-order chi connectivity index (χ1) is 36.0. The molecule has 0 amide bonds. The van der Waals surface area contributed by atoms with Gasteiger partial charge in [0.05, 0.1) is 0 Å². The molecule has 6 nitrogen and oxygen atoms in total. The van der Waals surface area contributed by atoms with Crippen LogP contribution in [0.25, 0.3) is 0 Å². The van der Waals surface area contributed by atoms with E-state index in [0.717, 1.165) is 70.6 Å². The fourth-order valence-corrected chi connectivity index (χ4v) is 10.0. The van der Waals surface area contributed by atoms with Gasteiger partial charge < -0.3 is 14.2 Å². The normalized spacial score (nSPS) is 12.1. The smallest absolute Gasteiger partial charge is 0.306 e. The van der Waals surface area contributed by atoms with Gasteiger partial charge in [-0.3, -0.25) is 14.4 Å². The molecule has 0 fully saturated rings. The van der Waals surface area contributed by atoms with Crippen LogP contribution in [0.15, 0.2) is 24.3 Å². The van der Waals surface area contributed by atoms with Gasteiger partial charge in [0, 0.05) is 19.3 Å². The lowest BCUT2D eigenvalue weighted by Gasteiger charge is -2.18. The Morgan fingerprint density at radius 2 is 0.493 bits per heavy atom. The van der Waals surface area contributed by atoms with Crippen LogP contribution in [-0.2, 0) is 28.6 Å². The molecule has 0 aliphatic carbocycles. The van der Waals surface area contributed by atoms with Gasteiger partial charge in [0.15, 0.2) is 6.10 Å². The highest BCUT2D eigenvalue weighted by molar-refractivity contribution is 5.71. The fraction of sp³-hybridized carbons (Fsp3) is 0.896. The summed E-state index contributed by atoms with van der Waals surface area (Å²) >= 11 is 0. The van der Waals surface area contributed by atoms with Crippen molar-refractivity contribution in [1.29, 1.82) is 0 Å². The first-order valence-electron chi connectivity index (χ1n) is 32.8. The zero-order chi connectivity index (χ0) is 52.9. The maximum atomic E-state index is 12.9. The minimum Gasteiger partial charge on any atom is -0.462 e. The minimum atomic E-state index is -0.771. The molecule has 0 rings (SSSR count). The molecule has 0 saturated carbocycles. The Labute approximate surface area is 455 Å². The number of allylic oxidation sites excluding steroid dienone is 4. The number of hydrogen-bond donors (Lipinski definition) is 0. The number of esters is 3. The van der Waals surface area contributed by atoms with Crippen LogP contribution in [0, 0.1) is 0 Å². The summed E-state index contributed by atoms with van der Waals surface area (Å²) in [6, 6.07) is 0. The van der Waals surface area contributed by atoms with Crippen LogP contribution in [0.4, 0.5) is 0 Å². The van der Waals surface area contributed by atoms with Crippen molar-refractivity contribution in [2.75, 3.05) is 13.2 Å². The Balaban J connectivity index is 4.14. The summed E-state index contributed by atoms with van der Waals surface area (Å²) < 4.78 is 16.9. The lowest BCUT2D eigenvalue weighted by atomic mass is 10.0. The maximum Gasteiger partial charge on any atom is 0.306 e. The van der Waals surface area contributed by atoms with E-state index in [-0.39, 0.29) is 31.1 Å². The summed E-state index contributed by atoms with van der Waals surface area (Å²) in [6.07, 6.45) is 74.9. The van der Waals surface area contributed by atoms with Crippen molar-refractivity contribution in [1.82, 2.24) is 0 Å². The molecule has 0 N–H and O–H groups in total. The van der Waals surface area contributed by atoms with E-state index in [2.05, 4.69) is 45.1 Å². The molecular formula is C67H126O6. The molecule has 0 aromatic rings. The monoisotopic (exact) mass is 1030 g/mol. The second-order valence-electron chi connectivity index (χ2n) is 22.4. The van der Waals surface area contributed by atoms with Gasteiger partial charge in [-0.25, -0.2) is 0 Å². The molecule has 430 valence electrons. The van der Waals surface area contributed by atoms with E-state index >= 15 is 0 Å². The van der Waals surface area contributed by atoms with E-state index in [1.807, 2.05) is 0 Å². The highest BCUT2D eigenvalue weighted by atomic mass is 16.6. The van der Waals surface area contributed by atoms with Gasteiger partial charge in [-0.05, 0) is 51.4 Å². The summed E-state index contributed by atoms with van der Waals surface area (Å²) in [6.45, 7) is 6.67. The number of carbonyl (C=O) groups excluding carboxylic acids is 3. The van der Waals surface area contributed by atoms with Crippen LogP contribution in [0.3, 0.4) is 0 Å². The second kappa shape index (κ2) is 62.4. The Morgan fingerprint density at radius 1 is 0.274 bits per heavy atom. The predicted molar refractivity (Wildman–Crippen MR) is 316 cm³/mol. The third-order valence-corrected chi connectivity index (χ3v) is 15.0. The van der Waals surface area contributed by atoms with Crippen LogP contribution in [0.1, 0.15) is 367 Å². The van der Waals surface area contributed by atoms with Crippen LogP contribution < -0.4 is 0 Å². The molecule has 0 bridgehead atoms. The third-order valence-electron chi connectivity index (χ3n) is 15.0. The van der Waals surface area contributed by atoms with E-state index < -0.39 is 6.10 Å². The maximum absolute atomic E-state index is 12.9. The molecule has 6 heteroatoms. The zero-order valence-corrected chi connectivity index (χ0v) is 49.4. The van der Waals surface area contributed by atoms with Crippen molar-refractivity contribution in [2.24, 2.45) is 0 Å². The van der Waals surface area contributed by atoms with Gasteiger partial charge in [0.2, 0.25) is 0 Å². The Kier molecular flexibility index (Phi) is 60.6. The van der Waals surface area contributed by atoms with E-state index in [9.17, 15) is 14.4 Å². The number of rotatable bonds is 61. The van der Waals surface area contributed by atoms with Crippen molar-refractivity contribution < 1.29 is 28.6 Å². The van der Waals surface area contributed by atoms with Crippen molar-refractivity contribution >= 4 is 17.9 Å². The highest BCUT2D eigenvalue weighted by Gasteiger charge is 2.19. The van der Waals surface area contributed by atoms with Crippen molar-refractivity contribution in [3.05, 3.63) is 24.3 Å². The zero-order valence-electron chi connectivity index (χ0n) is 49.4.